The zero-order valence-corrected chi connectivity index (χ0v) is 16.5. The Morgan fingerprint density at radius 1 is 1.30 bits per heavy atom. The summed E-state index contributed by atoms with van der Waals surface area (Å²) in [5.41, 5.74) is -1.99. The number of rotatable bonds is 6. The molecule has 0 radical (unpaired) electrons. The lowest BCUT2D eigenvalue weighted by Gasteiger charge is -2.29. The Kier molecular flexibility index (Phi) is 5.91. The number of hydrogen-bond acceptors (Lipinski definition) is 6. The molecular formula is C19H16F3N5O2S. The van der Waals surface area contributed by atoms with Gasteiger partial charge in [0.15, 0.2) is 11.0 Å². The smallest absolute Gasteiger partial charge is 0.374 e. The number of halogens is 3. The summed E-state index contributed by atoms with van der Waals surface area (Å²) in [6, 6.07) is 8.94. The summed E-state index contributed by atoms with van der Waals surface area (Å²) in [5, 5.41) is 21.5. The van der Waals surface area contributed by atoms with Crippen LogP contribution in [0.3, 0.4) is 0 Å². The standard InChI is InChI=1S/C19H16F3N5O2S/c1-27-7-6-24-16(27)18(29,19(20,21)22)9-15(28)26-17-25-11-14(30-17)8-12-2-4-13(10-23)5-3-12/h2-7,11,29H,8-9H2,1H3,(H,25,26,28). The van der Waals surface area contributed by atoms with Crippen molar-refractivity contribution in [3.8, 4) is 6.07 Å². The Labute approximate surface area is 173 Å². The lowest BCUT2D eigenvalue weighted by Crippen LogP contribution is -2.46. The van der Waals surface area contributed by atoms with E-state index in [1.54, 1.807) is 24.3 Å². The summed E-state index contributed by atoms with van der Waals surface area (Å²) in [4.78, 5) is 20.6. The summed E-state index contributed by atoms with van der Waals surface area (Å²) >= 11 is 1.11. The van der Waals surface area contributed by atoms with Gasteiger partial charge in [0.1, 0.15) is 0 Å². The molecule has 0 fully saturated rings. The number of nitrogens with one attached hydrogen (secondary N) is 1. The highest BCUT2D eigenvalue weighted by Gasteiger charge is 2.58. The van der Waals surface area contributed by atoms with E-state index in [1.165, 1.54) is 19.4 Å². The van der Waals surface area contributed by atoms with Gasteiger partial charge in [0.25, 0.3) is 0 Å². The molecule has 0 bridgehead atoms. The molecule has 2 heterocycles. The number of aryl methyl sites for hydroxylation is 1. The van der Waals surface area contributed by atoms with E-state index in [-0.39, 0.29) is 5.13 Å². The molecule has 1 amide bonds. The Balaban J connectivity index is 1.70. The van der Waals surface area contributed by atoms with Crippen molar-refractivity contribution in [2.75, 3.05) is 5.32 Å². The number of hydrogen-bond donors (Lipinski definition) is 2. The number of carbonyl (C=O) groups is 1. The third-order valence-corrected chi connectivity index (χ3v) is 5.25. The maximum atomic E-state index is 13.5. The molecule has 1 atom stereocenters. The number of alkyl halides is 3. The van der Waals surface area contributed by atoms with E-state index in [2.05, 4.69) is 15.3 Å². The van der Waals surface area contributed by atoms with E-state index in [9.17, 15) is 23.1 Å². The zero-order chi connectivity index (χ0) is 21.9. The van der Waals surface area contributed by atoms with E-state index in [0.29, 0.717) is 12.0 Å². The molecule has 0 saturated carbocycles. The van der Waals surface area contributed by atoms with Crippen LogP contribution in [-0.4, -0.2) is 31.7 Å². The molecule has 2 aromatic heterocycles. The average molecular weight is 435 g/mol. The number of carbonyl (C=O) groups excluding carboxylic acids is 1. The highest BCUT2D eigenvalue weighted by molar-refractivity contribution is 7.15. The van der Waals surface area contributed by atoms with Crippen molar-refractivity contribution in [1.29, 1.82) is 5.26 Å². The van der Waals surface area contributed by atoms with E-state index in [1.807, 2.05) is 6.07 Å². The summed E-state index contributed by atoms with van der Waals surface area (Å²) in [6.45, 7) is 0. The van der Waals surface area contributed by atoms with Gasteiger partial charge in [-0.1, -0.05) is 12.1 Å². The number of imidazole rings is 1. The second kappa shape index (κ2) is 8.25. The van der Waals surface area contributed by atoms with Crippen LogP contribution in [0.2, 0.25) is 0 Å². The second-order valence-electron chi connectivity index (χ2n) is 6.56. The predicted molar refractivity (Wildman–Crippen MR) is 102 cm³/mol. The van der Waals surface area contributed by atoms with Crippen LogP contribution in [0.1, 0.15) is 28.2 Å². The minimum Gasteiger partial charge on any atom is -0.374 e. The number of aromatic nitrogens is 3. The highest BCUT2D eigenvalue weighted by Crippen LogP contribution is 2.41. The molecule has 1 aromatic carbocycles. The first-order valence-electron chi connectivity index (χ1n) is 8.63. The molecule has 0 saturated heterocycles. The molecular weight excluding hydrogens is 419 g/mol. The van der Waals surface area contributed by atoms with E-state index < -0.39 is 29.9 Å². The van der Waals surface area contributed by atoms with Crippen LogP contribution in [-0.2, 0) is 23.9 Å². The number of benzene rings is 1. The number of amides is 1. The van der Waals surface area contributed by atoms with Crippen LogP contribution in [0.15, 0.2) is 42.9 Å². The van der Waals surface area contributed by atoms with Crippen molar-refractivity contribution in [3.63, 3.8) is 0 Å². The largest absolute Gasteiger partial charge is 0.425 e. The Morgan fingerprint density at radius 3 is 2.57 bits per heavy atom. The molecule has 2 N–H and O–H groups in total. The SMILES string of the molecule is Cn1ccnc1C(O)(CC(=O)Nc1ncc(Cc2ccc(C#N)cc2)s1)C(F)(F)F. The van der Waals surface area contributed by atoms with E-state index in [4.69, 9.17) is 5.26 Å². The fourth-order valence-corrected chi connectivity index (χ4v) is 3.67. The molecule has 1 unspecified atom stereocenters. The Hall–Kier alpha value is -3.23. The van der Waals surface area contributed by atoms with Crippen molar-refractivity contribution < 1.29 is 23.1 Å². The van der Waals surface area contributed by atoms with Gasteiger partial charge in [-0.25, -0.2) is 9.97 Å². The van der Waals surface area contributed by atoms with Crippen LogP contribution in [0.4, 0.5) is 18.3 Å². The average Bonchev–Trinajstić information content (AvgIpc) is 3.30. The van der Waals surface area contributed by atoms with Crippen LogP contribution < -0.4 is 5.32 Å². The van der Waals surface area contributed by atoms with Gasteiger partial charge in [-0.05, 0) is 17.7 Å². The molecule has 3 aromatic rings. The molecule has 3 rings (SSSR count). The Morgan fingerprint density at radius 2 is 2.00 bits per heavy atom. The topological polar surface area (TPSA) is 104 Å². The molecule has 0 spiro atoms. The molecule has 7 nitrogen and oxygen atoms in total. The third-order valence-electron chi connectivity index (χ3n) is 4.34. The monoisotopic (exact) mass is 435 g/mol. The Bertz CT molecular complexity index is 1080. The minimum absolute atomic E-state index is 0.119. The van der Waals surface area contributed by atoms with Crippen molar-refractivity contribution in [2.24, 2.45) is 7.05 Å². The maximum absolute atomic E-state index is 13.5. The molecule has 0 aliphatic heterocycles. The van der Waals surface area contributed by atoms with Gasteiger partial charge in [0.2, 0.25) is 11.5 Å². The molecule has 30 heavy (non-hydrogen) atoms. The fourth-order valence-electron chi connectivity index (χ4n) is 2.81. The summed E-state index contributed by atoms with van der Waals surface area (Å²) in [6.07, 6.45) is -2.01. The zero-order valence-electron chi connectivity index (χ0n) is 15.6. The van der Waals surface area contributed by atoms with Crippen molar-refractivity contribution in [2.45, 2.75) is 24.6 Å². The molecule has 0 aliphatic rings. The van der Waals surface area contributed by atoms with Gasteiger partial charge in [0, 0.05) is 36.9 Å². The van der Waals surface area contributed by atoms with Gasteiger partial charge in [-0.15, -0.1) is 11.3 Å². The van der Waals surface area contributed by atoms with Crippen LogP contribution in [0, 0.1) is 11.3 Å². The number of anilines is 1. The van der Waals surface area contributed by atoms with Crippen molar-refractivity contribution >= 4 is 22.4 Å². The van der Waals surface area contributed by atoms with E-state index >= 15 is 0 Å². The highest BCUT2D eigenvalue weighted by atomic mass is 32.1. The first kappa shape index (κ1) is 21.5. The van der Waals surface area contributed by atoms with Gasteiger partial charge >= 0.3 is 6.18 Å². The third kappa shape index (κ3) is 4.50. The number of aliphatic hydroxyl groups is 1. The lowest BCUT2D eigenvalue weighted by molar-refractivity contribution is -0.270. The molecule has 0 aliphatic carbocycles. The van der Waals surface area contributed by atoms with Gasteiger partial charge < -0.3 is 15.0 Å². The molecule has 156 valence electrons. The number of nitriles is 1. The fraction of sp³-hybridized carbons (Fsp3) is 0.263. The second-order valence-corrected chi connectivity index (χ2v) is 7.68. The summed E-state index contributed by atoms with van der Waals surface area (Å²) in [7, 11) is 1.30. The first-order valence-corrected chi connectivity index (χ1v) is 9.44. The maximum Gasteiger partial charge on any atom is 0.425 e. The van der Waals surface area contributed by atoms with Crippen molar-refractivity contribution in [3.05, 3.63) is 64.7 Å². The van der Waals surface area contributed by atoms with E-state index in [0.717, 1.165) is 32.5 Å². The number of nitrogens with zero attached hydrogens (tertiary/aromatic N) is 4. The first-order chi connectivity index (χ1) is 14.1. The van der Waals surface area contributed by atoms with Crippen molar-refractivity contribution in [1.82, 2.24) is 14.5 Å². The summed E-state index contributed by atoms with van der Waals surface area (Å²) < 4.78 is 41.6. The lowest BCUT2D eigenvalue weighted by atomic mass is 9.97. The van der Waals surface area contributed by atoms with Crippen LogP contribution >= 0.6 is 11.3 Å². The van der Waals surface area contributed by atoms with Crippen LogP contribution in [0.5, 0.6) is 0 Å². The van der Waals surface area contributed by atoms with Crippen LogP contribution in [0.25, 0.3) is 0 Å². The summed E-state index contributed by atoms with van der Waals surface area (Å²) in [5.74, 6) is -1.72. The quantitative estimate of drug-likeness (QED) is 0.619. The van der Waals surface area contributed by atoms with Gasteiger partial charge in [-0.2, -0.15) is 18.4 Å². The van der Waals surface area contributed by atoms with Gasteiger partial charge in [-0.3, -0.25) is 4.79 Å². The van der Waals surface area contributed by atoms with Gasteiger partial charge in [0.05, 0.1) is 18.1 Å². The normalized spacial score (nSPS) is 13.5. The predicted octanol–water partition coefficient (Wildman–Crippen LogP) is 3.12. The number of thiazole rings is 1. The minimum atomic E-state index is -5.10. The molecule has 11 heteroatoms.